The van der Waals surface area contributed by atoms with Crippen molar-refractivity contribution in [2.24, 2.45) is 4.99 Å². The maximum Gasteiger partial charge on any atom is 0.191 e. The van der Waals surface area contributed by atoms with Crippen molar-refractivity contribution in [3.8, 4) is 0 Å². The van der Waals surface area contributed by atoms with Crippen LogP contribution in [0.3, 0.4) is 0 Å². The zero-order chi connectivity index (χ0) is 19.8. The van der Waals surface area contributed by atoms with Gasteiger partial charge >= 0.3 is 0 Å². The van der Waals surface area contributed by atoms with Gasteiger partial charge in [0.05, 0.1) is 0 Å². The van der Waals surface area contributed by atoms with Crippen LogP contribution in [0.4, 0.5) is 0 Å². The van der Waals surface area contributed by atoms with E-state index in [1.54, 1.807) is 0 Å². The Morgan fingerprint density at radius 1 is 1.00 bits per heavy atom. The van der Waals surface area contributed by atoms with E-state index in [9.17, 15) is 0 Å². The smallest absolute Gasteiger partial charge is 0.191 e. The molecule has 0 atom stereocenters. The number of halogens is 1. The summed E-state index contributed by atoms with van der Waals surface area (Å²) in [4.78, 5) is 4.39. The predicted molar refractivity (Wildman–Crippen MR) is 130 cm³/mol. The highest BCUT2D eigenvalue weighted by molar-refractivity contribution is 14.0. The third kappa shape index (κ3) is 5.46. The monoisotopic (exact) mass is 506 g/mol. The summed E-state index contributed by atoms with van der Waals surface area (Å²) in [5.41, 5.74) is 2.35. The molecule has 3 rings (SSSR count). The summed E-state index contributed by atoms with van der Waals surface area (Å²) in [6.45, 7) is 6.10. The fraction of sp³-hybridized carbons (Fsp3) is 0.409. The predicted octanol–water partition coefficient (Wildman–Crippen LogP) is 3.81. The summed E-state index contributed by atoms with van der Waals surface area (Å²) in [5.74, 6) is 1.76. The fourth-order valence-corrected chi connectivity index (χ4v) is 3.63. The van der Waals surface area contributed by atoms with Crippen LogP contribution in [0.1, 0.15) is 38.1 Å². The normalized spacial score (nSPS) is 11.9. The van der Waals surface area contributed by atoms with Gasteiger partial charge in [0.25, 0.3) is 0 Å². The molecule has 0 unspecified atom stereocenters. The summed E-state index contributed by atoms with van der Waals surface area (Å²) in [6.07, 6.45) is 4.91. The number of fused-ring (bicyclic) bond motifs is 1. The average Bonchev–Trinajstić information content (AvgIpc) is 3.17. The number of pyridine rings is 1. The molecule has 0 bridgehead atoms. The molecule has 1 aromatic carbocycles. The van der Waals surface area contributed by atoms with Crippen LogP contribution in [0, 0.1) is 0 Å². The molecule has 0 fully saturated rings. The number of hydrogen-bond donors (Lipinski definition) is 2. The zero-order valence-corrected chi connectivity index (χ0v) is 19.8. The molecule has 0 spiro atoms. The van der Waals surface area contributed by atoms with Crippen molar-refractivity contribution in [2.75, 3.05) is 20.1 Å². The Kier molecular flexibility index (Phi) is 8.88. The van der Waals surface area contributed by atoms with E-state index in [0.29, 0.717) is 0 Å². The van der Waals surface area contributed by atoms with Gasteiger partial charge in [-0.15, -0.1) is 34.2 Å². The van der Waals surface area contributed by atoms with Gasteiger partial charge in [0.1, 0.15) is 5.82 Å². The Hall–Kier alpha value is -2.16. The molecule has 2 heterocycles. The second kappa shape index (κ2) is 11.1. The minimum Gasteiger partial charge on any atom is -0.356 e. The van der Waals surface area contributed by atoms with Crippen LogP contribution in [0.25, 0.3) is 5.65 Å². The van der Waals surface area contributed by atoms with Gasteiger partial charge < -0.3 is 10.6 Å². The Bertz CT molecular complexity index is 902. The van der Waals surface area contributed by atoms with Crippen LogP contribution in [-0.4, -0.2) is 40.7 Å². The summed E-state index contributed by atoms with van der Waals surface area (Å²) >= 11 is 0. The minimum absolute atomic E-state index is 0. The second-order valence-corrected chi connectivity index (χ2v) is 7.00. The van der Waals surface area contributed by atoms with Crippen LogP contribution in [0.2, 0.25) is 0 Å². The quantitative estimate of drug-likeness (QED) is 0.277. The highest BCUT2D eigenvalue weighted by Gasteiger charge is 2.28. The summed E-state index contributed by atoms with van der Waals surface area (Å²) < 4.78 is 2.02. The van der Waals surface area contributed by atoms with E-state index >= 15 is 0 Å². The number of guanidine groups is 1. The SMILES string of the molecule is CCC(CC)(CNC(=NC)NCCc1nnc2ccccn12)c1ccccc1.I. The van der Waals surface area contributed by atoms with E-state index in [4.69, 9.17) is 0 Å². The van der Waals surface area contributed by atoms with Gasteiger partial charge in [-0.05, 0) is 30.5 Å². The number of nitrogens with zero attached hydrogens (tertiary/aromatic N) is 4. The van der Waals surface area contributed by atoms with Crippen molar-refractivity contribution in [3.05, 3.63) is 66.1 Å². The first-order valence-electron chi connectivity index (χ1n) is 10.0. The summed E-state index contributed by atoms with van der Waals surface area (Å²) in [5, 5.41) is 15.4. The van der Waals surface area contributed by atoms with Crippen LogP contribution >= 0.6 is 24.0 Å². The number of nitrogens with one attached hydrogen (secondary N) is 2. The average molecular weight is 506 g/mol. The highest BCUT2D eigenvalue weighted by Crippen LogP contribution is 2.30. The van der Waals surface area contributed by atoms with E-state index in [1.165, 1.54) is 5.56 Å². The number of hydrogen-bond acceptors (Lipinski definition) is 3. The van der Waals surface area contributed by atoms with Crippen molar-refractivity contribution in [1.29, 1.82) is 0 Å². The van der Waals surface area contributed by atoms with Crippen molar-refractivity contribution in [2.45, 2.75) is 38.5 Å². The Morgan fingerprint density at radius 3 is 2.41 bits per heavy atom. The molecule has 156 valence electrons. The van der Waals surface area contributed by atoms with E-state index in [0.717, 1.165) is 49.8 Å². The number of aromatic nitrogens is 3. The van der Waals surface area contributed by atoms with Crippen LogP contribution < -0.4 is 10.6 Å². The van der Waals surface area contributed by atoms with E-state index < -0.39 is 0 Å². The first kappa shape index (κ1) is 23.1. The molecule has 0 amide bonds. The molecule has 0 radical (unpaired) electrons. The second-order valence-electron chi connectivity index (χ2n) is 7.00. The topological polar surface area (TPSA) is 66.6 Å². The molecule has 2 N–H and O–H groups in total. The van der Waals surface area contributed by atoms with Gasteiger partial charge in [-0.25, -0.2) is 0 Å². The Morgan fingerprint density at radius 2 is 1.72 bits per heavy atom. The molecule has 3 aromatic rings. The van der Waals surface area contributed by atoms with E-state index in [1.807, 2.05) is 35.8 Å². The van der Waals surface area contributed by atoms with Gasteiger partial charge in [0.15, 0.2) is 11.6 Å². The third-order valence-corrected chi connectivity index (χ3v) is 5.58. The first-order valence-corrected chi connectivity index (χ1v) is 10.0. The van der Waals surface area contributed by atoms with Crippen molar-refractivity contribution < 1.29 is 0 Å². The molecule has 0 saturated carbocycles. The summed E-state index contributed by atoms with van der Waals surface area (Å²) in [6, 6.07) is 16.7. The van der Waals surface area contributed by atoms with Gasteiger partial charge in [0.2, 0.25) is 0 Å². The molecule has 29 heavy (non-hydrogen) atoms. The van der Waals surface area contributed by atoms with Gasteiger partial charge in [-0.1, -0.05) is 50.2 Å². The first-order chi connectivity index (χ1) is 13.7. The third-order valence-electron chi connectivity index (χ3n) is 5.58. The molecule has 0 saturated heterocycles. The lowest BCUT2D eigenvalue weighted by Crippen LogP contribution is -2.45. The number of aliphatic imine (C=N–C) groups is 1. The number of rotatable bonds is 8. The Balaban J connectivity index is 0.00000300. The van der Waals surface area contributed by atoms with E-state index in [2.05, 4.69) is 70.0 Å². The van der Waals surface area contributed by atoms with Crippen molar-refractivity contribution in [1.82, 2.24) is 25.2 Å². The maximum atomic E-state index is 4.39. The molecule has 0 aliphatic heterocycles. The van der Waals surface area contributed by atoms with Gasteiger partial charge in [-0.2, -0.15) is 0 Å². The Labute approximate surface area is 190 Å². The maximum absolute atomic E-state index is 4.39. The van der Waals surface area contributed by atoms with Crippen molar-refractivity contribution >= 4 is 35.6 Å². The minimum atomic E-state index is 0. The van der Waals surface area contributed by atoms with Gasteiger partial charge in [-0.3, -0.25) is 9.39 Å². The molecule has 7 heteroatoms. The fourth-order valence-electron chi connectivity index (χ4n) is 3.63. The highest BCUT2D eigenvalue weighted by atomic mass is 127. The standard InChI is InChI=1S/C22H30N6.HI/c1-4-22(5-2,18-11-7-6-8-12-18)17-25-21(23-3)24-15-14-20-27-26-19-13-9-10-16-28(19)20;/h6-13,16H,4-5,14-15,17H2,1-3H3,(H2,23,24,25);1H. The largest absolute Gasteiger partial charge is 0.356 e. The molecule has 0 aliphatic carbocycles. The number of benzene rings is 1. The lowest BCUT2D eigenvalue weighted by Gasteiger charge is -2.33. The molecule has 6 nitrogen and oxygen atoms in total. The van der Waals surface area contributed by atoms with Crippen molar-refractivity contribution in [3.63, 3.8) is 0 Å². The molecular formula is C22H31IN6. The summed E-state index contributed by atoms with van der Waals surface area (Å²) in [7, 11) is 1.81. The molecule has 0 aliphatic rings. The van der Waals surface area contributed by atoms with Gasteiger partial charge in [0, 0.05) is 38.2 Å². The molecular weight excluding hydrogens is 475 g/mol. The van der Waals surface area contributed by atoms with E-state index in [-0.39, 0.29) is 29.4 Å². The van der Waals surface area contributed by atoms with Crippen LogP contribution in [0.15, 0.2) is 59.7 Å². The lowest BCUT2D eigenvalue weighted by molar-refractivity contribution is 0.389. The molecule has 2 aromatic heterocycles. The lowest BCUT2D eigenvalue weighted by atomic mass is 9.76. The zero-order valence-electron chi connectivity index (χ0n) is 17.4. The van der Waals surface area contributed by atoms with Crippen LogP contribution in [0.5, 0.6) is 0 Å². The van der Waals surface area contributed by atoms with Crippen LogP contribution in [-0.2, 0) is 11.8 Å².